The maximum Gasteiger partial charge on any atom is 0.159 e. The molecule has 5 heteroatoms. The van der Waals surface area contributed by atoms with E-state index >= 15 is 0 Å². The Balaban J connectivity index is 2.63. The van der Waals surface area contributed by atoms with Gasteiger partial charge in [-0.3, -0.25) is 0 Å². The predicted octanol–water partition coefficient (Wildman–Crippen LogP) is 3.74. The molecule has 1 aromatic heterocycles. The van der Waals surface area contributed by atoms with E-state index in [-0.39, 0.29) is 0 Å². The number of halogens is 2. The van der Waals surface area contributed by atoms with Crippen LogP contribution in [0.5, 0.6) is 0 Å². The normalized spacial score (nSPS) is 11.5. The molecule has 0 aliphatic rings. The van der Waals surface area contributed by atoms with Gasteiger partial charge in [-0.2, -0.15) is 8.75 Å². The largest absolute Gasteiger partial charge is 0.204 e. The van der Waals surface area contributed by atoms with Crippen molar-refractivity contribution in [3.63, 3.8) is 0 Å². The zero-order valence-corrected chi connectivity index (χ0v) is 10.0. The van der Waals surface area contributed by atoms with E-state index in [1.165, 1.54) is 12.1 Å². The predicted molar refractivity (Wildman–Crippen MR) is 64.3 cm³/mol. The van der Waals surface area contributed by atoms with Crippen LogP contribution in [0, 0.1) is 25.5 Å². The monoisotopic (exact) mass is 250 g/mol. The van der Waals surface area contributed by atoms with E-state index in [0.717, 1.165) is 33.9 Å². The zero-order chi connectivity index (χ0) is 12.2. The third kappa shape index (κ3) is 1.35. The smallest absolute Gasteiger partial charge is 0.159 e. The molecular weight excluding hydrogens is 242 g/mol. The van der Waals surface area contributed by atoms with Gasteiger partial charge in [-0.1, -0.05) is 0 Å². The molecule has 0 amide bonds. The molecule has 0 aliphatic carbocycles. The highest BCUT2D eigenvalue weighted by Crippen LogP contribution is 2.31. The number of fused-ring (bicyclic) bond motifs is 2. The molecule has 0 spiro atoms. The van der Waals surface area contributed by atoms with E-state index in [1.54, 1.807) is 0 Å². The van der Waals surface area contributed by atoms with Gasteiger partial charge in [-0.05, 0) is 47.9 Å². The Morgan fingerprint density at radius 1 is 0.882 bits per heavy atom. The summed E-state index contributed by atoms with van der Waals surface area (Å²) in [7, 11) is 0. The van der Waals surface area contributed by atoms with Gasteiger partial charge in [-0.15, -0.1) is 0 Å². The Kier molecular flexibility index (Phi) is 2.13. The molecule has 3 aromatic rings. The van der Waals surface area contributed by atoms with Crippen LogP contribution in [-0.2, 0) is 0 Å². The standard InChI is InChI=1S/C12H8F2N2S/c1-5-7-3-9(13)10(14)4-8(7)6(2)12-11(5)15-17-16-12/h3-4H,1-2H3. The average Bonchev–Trinajstić information content (AvgIpc) is 2.78. The van der Waals surface area contributed by atoms with E-state index in [4.69, 9.17) is 0 Å². The van der Waals surface area contributed by atoms with Crippen LogP contribution in [0.2, 0.25) is 0 Å². The maximum atomic E-state index is 13.3. The van der Waals surface area contributed by atoms with Crippen molar-refractivity contribution in [2.45, 2.75) is 13.8 Å². The van der Waals surface area contributed by atoms with Crippen LogP contribution in [0.15, 0.2) is 12.1 Å². The quantitative estimate of drug-likeness (QED) is 0.607. The first kappa shape index (κ1) is 10.5. The number of rotatable bonds is 0. The van der Waals surface area contributed by atoms with Crippen LogP contribution in [-0.4, -0.2) is 8.75 Å². The molecule has 2 nitrogen and oxygen atoms in total. The van der Waals surface area contributed by atoms with Crippen molar-refractivity contribution in [2.75, 3.05) is 0 Å². The molecule has 0 fully saturated rings. The Bertz CT molecular complexity index is 688. The Morgan fingerprint density at radius 2 is 1.29 bits per heavy atom. The van der Waals surface area contributed by atoms with Gasteiger partial charge >= 0.3 is 0 Å². The molecule has 0 aliphatic heterocycles. The summed E-state index contributed by atoms with van der Waals surface area (Å²) in [6.45, 7) is 3.70. The lowest BCUT2D eigenvalue weighted by molar-refractivity contribution is 0.511. The van der Waals surface area contributed by atoms with Crippen LogP contribution in [0.1, 0.15) is 11.1 Å². The van der Waals surface area contributed by atoms with E-state index in [2.05, 4.69) is 8.75 Å². The summed E-state index contributed by atoms with van der Waals surface area (Å²) < 4.78 is 34.9. The van der Waals surface area contributed by atoms with Crippen molar-refractivity contribution >= 4 is 33.5 Å². The SMILES string of the molecule is Cc1c2cc(F)c(F)cc2c(C)c2nsnc12. The highest BCUT2D eigenvalue weighted by Gasteiger charge is 2.14. The molecule has 0 radical (unpaired) electrons. The fourth-order valence-electron chi connectivity index (χ4n) is 2.10. The summed E-state index contributed by atoms with van der Waals surface area (Å²) in [5, 5.41) is 1.39. The van der Waals surface area contributed by atoms with Crippen LogP contribution < -0.4 is 0 Å². The molecule has 0 atom stereocenters. The minimum atomic E-state index is -0.831. The van der Waals surface area contributed by atoms with Crippen molar-refractivity contribution in [1.82, 2.24) is 8.75 Å². The first-order chi connectivity index (χ1) is 8.09. The fourth-order valence-corrected chi connectivity index (χ4v) is 2.75. The fraction of sp³-hybridized carbons (Fsp3) is 0.167. The molecule has 86 valence electrons. The van der Waals surface area contributed by atoms with Crippen molar-refractivity contribution in [3.8, 4) is 0 Å². The maximum absolute atomic E-state index is 13.3. The van der Waals surface area contributed by atoms with Gasteiger partial charge in [0.05, 0.1) is 11.7 Å². The van der Waals surface area contributed by atoms with Crippen molar-refractivity contribution < 1.29 is 8.78 Å². The summed E-state index contributed by atoms with van der Waals surface area (Å²) in [5.41, 5.74) is 3.22. The molecular formula is C12H8F2N2S. The topological polar surface area (TPSA) is 25.8 Å². The average molecular weight is 250 g/mol. The van der Waals surface area contributed by atoms with Crippen molar-refractivity contribution in [1.29, 1.82) is 0 Å². The highest BCUT2D eigenvalue weighted by atomic mass is 32.1. The molecule has 0 unspecified atom stereocenters. The summed E-state index contributed by atoms with van der Waals surface area (Å²) in [5.74, 6) is -1.66. The lowest BCUT2D eigenvalue weighted by Gasteiger charge is -2.07. The molecule has 0 saturated carbocycles. The van der Waals surface area contributed by atoms with Gasteiger partial charge in [-0.25, -0.2) is 8.78 Å². The molecule has 0 bridgehead atoms. The van der Waals surface area contributed by atoms with Crippen molar-refractivity contribution in [2.24, 2.45) is 0 Å². The summed E-state index contributed by atoms with van der Waals surface area (Å²) in [6, 6.07) is 2.46. The van der Waals surface area contributed by atoms with Gasteiger partial charge in [0.25, 0.3) is 0 Å². The molecule has 1 heterocycles. The Morgan fingerprint density at radius 3 is 1.71 bits per heavy atom. The first-order valence-electron chi connectivity index (χ1n) is 5.10. The van der Waals surface area contributed by atoms with E-state index in [1.807, 2.05) is 13.8 Å². The second kappa shape index (κ2) is 3.43. The second-order valence-corrected chi connectivity index (χ2v) is 4.55. The summed E-state index contributed by atoms with van der Waals surface area (Å²) >= 11 is 1.11. The van der Waals surface area contributed by atoms with E-state index in [9.17, 15) is 8.78 Å². The van der Waals surface area contributed by atoms with Gasteiger partial charge in [0, 0.05) is 0 Å². The number of aryl methyl sites for hydroxylation is 2. The minimum absolute atomic E-state index is 0.696. The number of hydrogen-bond donors (Lipinski definition) is 0. The molecule has 0 N–H and O–H groups in total. The molecule has 17 heavy (non-hydrogen) atoms. The summed E-state index contributed by atoms with van der Waals surface area (Å²) in [4.78, 5) is 0. The van der Waals surface area contributed by atoms with Crippen molar-refractivity contribution in [3.05, 3.63) is 34.9 Å². The van der Waals surface area contributed by atoms with E-state index in [0.29, 0.717) is 10.8 Å². The lowest BCUT2D eigenvalue weighted by Crippen LogP contribution is -1.91. The Labute approximate surface area is 100 Å². The van der Waals surface area contributed by atoms with Gasteiger partial charge < -0.3 is 0 Å². The third-order valence-electron chi connectivity index (χ3n) is 3.07. The second-order valence-electron chi connectivity index (χ2n) is 4.02. The zero-order valence-electron chi connectivity index (χ0n) is 9.21. The molecule has 0 saturated heterocycles. The number of nitrogens with zero attached hydrogens (tertiary/aromatic N) is 2. The highest BCUT2D eigenvalue weighted by molar-refractivity contribution is 7.00. The molecule has 3 rings (SSSR count). The van der Waals surface area contributed by atoms with Gasteiger partial charge in [0.1, 0.15) is 11.0 Å². The lowest BCUT2D eigenvalue weighted by atomic mass is 9.98. The van der Waals surface area contributed by atoms with Crippen LogP contribution in [0.4, 0.5) is 8.78 Å². The number of hydrogen-bond acceptors (Lipinski definition) is 3. The van der Waals surface area contributed by atoms with Gasteiger partial charge in [0.2, 0.25) is 0 Å². The molecule has 2 aromatic carbocycles. The van der Waals surface area contributed by atoms with E-state index < -0.39 is 11.6 Å². The first-order valence-corrected chi connectivity index (χ1v) is 5.83. The third-order valence-corrected chi connectivity index (χ3v) is 3.60. The van der Waals surface area contributed by atoms with Gasteiger partial charge in [0.15, 0.2) is 11.6 Å². The number of aromatic nitrogens is 2. The van der Waals surface area contributed by atoms with Crippen LogP contribution in [0.3, 0.4) is 0 Å². The minimum Gasteiger partial charge on any atom is -0.204 e. The number of benzene rings is 2. The Hall–Kier alpha value is -1.62. The van der Waals surface area contributed by atoms with Crippen LogP contribution in [0.25, 0.3) is 21.8 Å². The van der Waals surface area contributed by atoms with Crippen LogP contribution >= 0.6 is 11.7 Å². The summed E-state index contributed by atoms with van der Waals surface area (Å²) in [6.07, 6.45) is 0.